The van der Waals surface area contributed by atoms with Gasteiger partial charge in [0.15, 0.2) is 12.4 Å². The van der Waals surface area contributed by atoms with E-state index in [0.29, 0.717) is 5.56 Å². The molecule has 34 heavy (non-hydrogen) atoms. The van der Waals surface area contributed by atoms with Crippen LogP contribution < -0.4 is 17.0 Å². The maximum Gasteiger partial charge on any atom is 0.339 e. The number of aromatic nitrogens is 2. The number of ketones is 2. The number of Topliss-reactive ketones (excluding diaryl/α,β-unsaturated/α-hetero) is 1. The van der Waals surface area contributed by atoms with Crippen LogP contribution in [0.4, 0.5) is 5.82 Å². The number of nitrogens with two attached hydrogens (primary N) is 1. The Kier molecular flexibility index (Phi) is 7.25. The summed E-state index contributed by atoms with van der Waals surface area (Å²) >= 11 is 0. The van der Waals surface area contributed by atoms with E-state index in [0.717, 1.165) is 9.13 Å². The summed E-state index contributed by atoms with van der Waals surface area (Å²) in [7, 11) is 1.25. The highest BCUT2D eigenvalue weighted by Gasteiger charge is 2.24. The van der Waals surface area contributed by atoms with E-state index < -0.39 is 35.2 Å². The largest absolute Gasteiger partial charge is 0.454 e. The number of hydrogen-bond acceptors (Lipinski definition) is 7. The second kappa shape index (κ2) is 10.1. The van der Waals surface area contributed by atoms with E-state index in [9.17, 15) is 24.0 Å². The molecule has 0 bridgehead atoms. The van der Waals surface area contributed by atoms with Crippen LogP contribution in [0.25, 0.3) is 0 Å². The van der Waals surface area contributed by atoms with E-state index in [-0.39, 0.29) is 35.2 Å². The predicted molar refractivity (Wildman–Crippen MR) is 126 cm³/mol. The molecule has 0 aliphatic heterocycles. The zero-order valence-corrected chi connectivity index (χ0v) is 19.1. The van der Waals surface area contributed by atoms with Crippen molar-refractivity contribution >= 4 is 23.4 Å². The van der Waals surface area contributed by atoms with Crippen LogP contribution >= 0.6 is 0 Å². The Morgan fingerprint density at radius 3 is 2.15 bits per heavy atom. The van der Waals surface area contributed by atoms with Gasteiger partial charge in [-0.1, -0.05) is 62.4 Å². The number of carbonyl (C=O) groups is 3. The first-order valence-electron chi connectivity index (χ1n) is 10.6. The SMILES string of the molecule is CC(C)Cn1c(N)c(C(=O)COC(=O)c2ccccc2C(=O)c2ccccc2)c(=O)n(C)c1=O. The molecule has 0 amide bonds. The zero-order valence-electron chi connectivity index (χ0n) is 19.1. The van der Waals surface area contributed by atoms with Crippen molar-refractivity contribution in [1.82, 2.24) is 9.13 Å². The lowest BCUT2D eigenvalue weighted by molar-refractivity contribution is 0.0472. The molecule has 3 aromatic rings. The van der Waals surface area contributed by atoms with Gasteiger partial charge in [0.25, 0.3) is 5.56 Å². The van der Waals surface area contributed by atoms with Crippen molar-refractivity contribution in [2.75, 3.05) is 12.3 Å². The van der Waals surface area contributed by atoms with Gasteiger partial charge >= 0.3 is 11.7 Å². The zero-order chi connectivity index (χ0) is 25.0. The lowest BCUT2D eigenvalue weighted by Crippen LogP contribution is -2.43. The summed E-state index contributed by atoms with van der Waals surface area (Å²) < 4.78 is 7.08. The Morgan fingerprint density at radius 2 is 1.53 bits per heavy atom. The quantitative estimate of drug-likeness (QED) is 0.400. The molecular weight excluding hydrogens is 438 g/mol. The molecule has 3 rings (SSSR count). The summed E-state index contributed by atoms with van der Waals surface area (Å²) in [6.45, 7) is 3.13. The predicted octanol–water partition coefficient (Wildman–Crippen LogP) is 2.06. The minimum atomic E-state index is -0.904. The number of nitrogen functional groups attached to an aromatic ring is 1. The number of rotatable bonds is 8. The van der Waals surface area contributed by atoms with E-state index >= 15 is 0 Å². The number of benzene rings is 2. The molecule has 0 saturated carbocycles. The molecule has 2 N–H and O–H groups in total. The van der Waals surface area contributed by atoms with Crippen molar-refractivity contribution in [3.05, 3.63) is 97.7 Å². The molecule has 0 aliphatic carbocycles. The van der Waals surface area contributed by atoms with Crippen LogP contribution in [0.2, 0.25) is 0 Å². The Balaban J connectivity index is 1.87. The minimum absolute atomic E-state index is 0.0187. The van der Waals surface area contributed by atoms with E-state index in [1.54, 1.807) is 42.5 Å². The molecule has 9 heteroatoms. The summed E-state index contributed by atoms with van der Waals surface area (Å²) in [5, 5.41) is 0. The highest BCUT2D eigenvalue weighted by atomic mass is 16.5. The maximum atomic E-state index is 12.8. The van der Waals surface area contributed by atoms with Gasteiger partial charge in [-0.05, 0) is 12.0 Å². The van der Waals surface area contributed by atoms with Crippen LogP contribution in [0.3, 0.4) is 0 Å². The highest BCUT2D eigenvalue weighted by Crippen LogP contribution is 2.16. The molecule has 0 fully saturated rings. The summed E-state index contributed by atoms with van der Waals surface area (Å²) in [5.41, 5.74) is 4.54. The van der Waals surface area contributed by atoms with E-state index in [4.69, 9.17) is 10.5 Å². The first-order valence-corrected chi connectivity index (χ1v) is 10.6. The number of ether oxygens (including phenoxy) is 1. The number of carbonyl (C=O) groups excluding carboxylic acids is 3. The molecule has 0 spiro atoms. The topological polar surface area (TPSA) is 130 Å². The van der Waals surface area contributed by atoms with Gasteiger partial charge in [0.05, 0.1) is 5.56 Å². The fourth-order valence-corrected chi connectivity index (χ4v) is 3.47. The van der Waals surface area contributed by atoms with Crippen molar-refractivity contribution in [2.45, 2.75) is 20.4 Å². The lowest BCUT2D eigenvalue weighted by Gasteiger charge is -2.16. The van der Waals surface area contributed by atoms with Crippen molar-refractivity contribution in [3.8, 4) is 0 Å². The van der Waals surface area contributed by atoms with Crippen LogP contribution in [0, 0.1) is 5.92 Å². The van der Waals surface area contributed by atoms with Crippen molar-refractivity contribution < 1.29 is 19.1 Å². The maximum absolute atomic E-state index is 12.8. The lowest BCUT2D eigenvalue weighted by atomic mass is 9.98. The molecule has 2 aromatic carbocycles. The van der Waals surface area contributed by atoms with E-state index in [1.165, 1.54) is 19.2 Å². The third-order valence-electron chi connectivity index (χ3n) is 5.17. The van der Waals surface area contributed by atoms with E-state index in [1.807, 2.05) is 13.8 Å². The third kappa shape index (κ3) is 4.88. The van der Waals surface area contributed by atoms with Crippen LogP contribution in [-0.4, -0.2) is 33.3 Å². The average Bonchev–Trinajstić information content (AvgIpc) is 2.84. The molecule has 0 atom stereocenters. The van der Waals surface area contributed by atoms with Crippen LogP contribution in [0.15, 0.2) is 64.2 Å². The number of hydrogen-bond donors (Lipinski definition) is 1. The summed E-state index contributed by atoms with van der Waals surface area (Å²) in [6.07, 6.45) is 0. The number of anilines is 1. The fourth-order valence-electron chi connectivity index (χ4n) is 3.47. The molecule has 0 radical (unpaired) electrons. The molecule has 1 aromatic heterocycles. The second-order valence-corrected chi connectivity index (χ2v) is 8.15. The average molecular weight is 463 g/mol. The Morgan fingerprint density at radius 1 is 0.941 bits per heavy atom. The Hall–Kier alpha value is -4.27. The molecule has 0 unspecified atom stereocenters. The van der Waals surface area contributed by atoms with Crippen LogP contribution in [-0.2, 0) is 18.3 Å². The monoisotopic (exact) mass is 463 g/mol. The summed E-state index contributed by atoms with van der Waals surface area (Å²) in [4.78, 5) is 63.4. The molecule has 1 heterocycles. The van der Waals surface area contributed by atoms with Gasteiger partial charge in [0.1, 0.15) is 11.4 Å². The van der Waals surface area contributed by atoms with Crippen molar-refractivity contribution in [3.63, 3.8) is 0 Å². The molecular formula is C25H25N3O6. The summed E-state index contributed by atoms with van der Waals surface area (Å²) in [6, 6.07) is 14.5. The summed E-state index contributed by atoms with van der Waals surface area (Å²) in [5.74, 6) is -2.38. The normalized spacial score (nSPS) is 10.8. The van der Waals surface area contributed by atoms with Gasteiger partial charge in [-0.3, -0.25) is 23.5 Å². The number of nitrogens with zero attached hydrogens (tertiary/aromatic N) is 2. The standard InChI is InChI=1S/C25H25N3O6/c1-15(2)13-28-22(26)20(23(31)27(3)25(28)33)19(29)14-34-24(32)18-12-8-7-11-17(18)21(30)16-9-5-4-6-10-16/h4-12,15H,13-14,26H2,1-3H3. The van der Waals surface area contributed by atoms with Gasteiger partial charge in [-0.25, -0.2) is 9.59 Å². The highest BCUT2D eigenvalue weighted by molar-refractivity contribution is 6.14. The van der Waals surface area contributed by atoms with Gasteiger partial charge in [-0.15, -0.1) is 0 Å². The molecule has 0 saturated heterocycles. The first kappa shape index (κ1) is 24.4. The smallest absolute Gasteiger partial charge is 0.339 e. The molecule has 9 nitrogen and oxygen atoms in total. The van der Waals surface area contributed by atoms with Crippen molar-refractivity contribution in [2.24, 2.45) is 13.0 Å². The fraction of sp³-hybridized carbons (Fsp3) is 0.240. The van der Waals surface area contributed by atoms with Crippen molar-refractivity contribution in [1.29, 1.82) is 0 Å². The molecule has 176 valence electrons. The van der Waals surface area contributed by atoms with Gasteiger partial charge in [0, 0.05) is 24.7 Å². The van der Waals surface area contributed by atoms with E-state index in [2.05, 4.69) is 0 Å². The first-order chi connectivity index (χ1) is 16.1. The second-order valence-electron chi connectivity index (χ2n) is 8.15. The van der Waals surface area contributed by atoms with Gasteiger partial charge < -0.3 is 10.5 Å². The third-order valence-corrected chi connectivity index (χ3v) is 5.17. The van der Waals surface area contributed by atoms with Crippen LogP contribution in [0.1, 0.15) is 50.5 Å². The number of esters is 1. The molecule has 0 aliphatic rings. The Bertz CT molecular complexity index is 1370. The van der Waals surface area contributed by atoms with Gasteiger partial charge in [-0.2, -0.15) is 0 Å². The minimum Gasteiger partial charge on any atom is -0.454 e. The Labute approximate surface area is 195 Å². The van der Waals surface area contributed by atoms with Crippen LogP contribution in [0.5, 0.6) is 0 Å². The van der Waals surface area contributed by atoms with Gasteiger partial charge in [0.2, 0.25) is 5.78 Å².